The molecule has 4 aliphatic rings. The Hall–Kier alpha value is -1.93. The Morgan fingerprint density at radius 2 is 1.83 bits per heavy atom. The summed E-state index contributed by atoms with van der Waals surface area (Å²) in [6, 6.07) is 0. The number of hydrogen-bond donors (Lipinski definition) is 2. The zero-order valence-electron chi connectivity index (χ0n) is 21.2. The molecular weight excluding hydrogens is 458 g/mol. The predicted molar refractivity (Wildman–Crippen MR) is 124 cm³/mol. The second-order valence-corrected chi connectivity index (χ2v) is 12.5. The standard InChI is InChI=1S/C27H36F2O6/c1-14-9-16-17-11-19(28)18-10-15(30)7-8-24(18,5)26(17,29)20(31)12-25(16,6)27(14,34)21(32)13-35-22(33)23(2,3)4/h7-8,10,14,16-17,19-20,31,34H,9,11-13H2,1-6H3/t14-,16?,17?,19+,20+,24+,25+,26+,27+/m1/s1. The van der Waals surface area contributed by atoms with Crippen LogP contribution in [-0.4, -0.2) is 57.9 Å². The summed E-state index contributed by atoms with van der Waals surface area (Å²) in [5.41, 5.74) is -7.87. The van der Waals surface area contributed by atoms with Crippen LogP contribution >= 0.6 is 0 Å². The van der Waals surface area contributed by atoms with E-state index in [-0.39, 0.29) is 24.8 Å². The van der Waals surface area contributed by atoms with Crippen molar-refractivity contribution in [1.82, 2.24) is 0 Å². The van der Waals surface area contributed by atoms with E-state index < -0.39 is 81.7 Å². The van der Waals surface area contributed by atoms with Gasteiger partial charge in [0.15, 0.2) is 18.1 Å². The lowest BCUT2D eigenvalue weighted by atomic mass is 9.44. The summed E-state index contributed by atoms with van der Waals surface area (Å²) in [5, 5.41) is 23.2. The molecule has 0 bridgehead atoms. The third-order valence-electron chi connectivity index (χ3n) is 9.58. The molecule has 0 aromatic heterocycles. The van der Waals surface area contributed by atoms with Crippen molar-refractivity contribution in [3.8, 4) is 0 Å². The summed E-state index contributed by atoms with van der Waals surface area (Å²) in [5.74, 6) is -3.94. The summed E-state index contributed by atoms with van der Waals surface area (Å²) in [6.45, 7) is 9.15. The van der Waals surface area contributed by atoms with Gasteiger partial charge in [0.1, 0.15) is 11.8 Å². The summed E-state index contributed by atoms with van der Waals surface area (Å²) in [7, 11) is 0. The zero-order valence-corrected chi connectivity index (χ0v) is 21.2. The molecule has 4 rings (SSSR count). The van der Waals surface area contributed by atoms with Crippen molar-refractivity contribution in [3.05, 3.63) is 23.8 Å². The molecule has 6 nitrogen and oxygen atoms in total. The fourth-order valence-corrected chi connectivity index (χ4v) is 7.59. The molecule has 0 aromatic carbocycles. The van der Waals surface area contributed by atoms with Crippen molar-refractivity contribution < 1.29 is 38.1 Å². The highest BCUT2D eigenvalue weighted by atomic mass is 19.1. The van der Waals surface area contributed by atoms with Crippen LogP contribution < -0.4 is 0 Å². The van der Waals surface area contributed by atoms with E-state index in [4.69, 9.17) is 4.74 Å². The number of aliphatic hydroxyl groups is 2. The first-order valence-electron chi connectivity index (χ1n) is 12.3. The quantitative estimate of drug-likeness (QED) is 0.583. The molecule has 8 heteroatoms. The minimum Gasteiger partial charge on any atom is -0.457 e. The maximum Gasteiger partial charge on any atom is 0.311 e. The van der Waals surface area contributed by atoms with Crippen LogP contribution in [0.1, 0.15) is 60.8 Å². The Morgan fingerprint density at radius 3 is 2.43 bits per heavy atom. The molecule has 2 unspecified atom stereocenters. The average Bonchev–Trinajstić information content (AvgIpc) is 2.96. The lowest BCUT2D eigenvalue weighted by Crippen LogP contribution is -2.70. The number of aliphatic hydroxyl groups excluding tert-OH is 1. The molecule has 35 heavy (non-hydrogen) atoms. The third kappa shape index (κ3) is 3.28. The van der Waals surface area contributed by atoms with E-state index in [0.717, 1.165) is 6.08 Å². The van der Waals surface area contributed by atoms with Crippen LogP contribution in [0.4, 0.5) is 8.78 Å². The van der Waals surface area contributed by atoms with Gasteiger partial charge < -0.3 is 14.9 Å². The van der Waals surface area contributed by atoms with E-state index in [0.29, 0.717) is 0 Å². The average molecular weight is 495 g/mol. The van der Waals surface area contributed by atoms with Gasteiger partial charge in [-0.1, -0.05) is 19.9 Å². The molecule has 194 valence electrons. The second-order valence-electron chi connectivity index (χ2n) is 12.5. The molecule has 0 spiro atoms. The van der Waals surface area contributed by atoms with Crippen LogP contribution in [-0.2, 0) is 19.1 Å². The smallest absolute Gasteiger partial charge is 0.311 e. The van der Waals surface area contributed by atoms with Crippen LogP contribution in [0.2, 0.25) is 0 Å². The summed E-state index contributed by atoms with van der Waals surface area (Å²) in [4.78, 5) is 37.5. The number of ether oxygens (including phenoxy) is 1. The maximum absolute atomic E-state index is 17.1. The first kappa shape index (κ1) is 26.1. The van der Waals surface area contributed by atoms with Gasteiger partial charge >= 0.3 is 5.97 Å². The monoisotopic (exact) mass is 494 g/mol. The maximum atomic E-state index is 17.1. The molecule has 0 saturated heterocycles. The number of Topliss-reactive ketones (excluding diaryl/α,β-unsaturated/α-hetero) is 1. The van der Waals surface area contributed by atoms with E-state index in [1.54, 1.807) is 34.6 Å². The number of alkyl halides is 2. The number of carbonyl (C=O) groups excluding carboxylic acids is 3. The van der Waals surface area contributed by atoms with E-state index in [2.05, 4.69) is 0 Å². The molecule has 0 radical (unpaired) electrons. The van der Waals surface area contributed by atoms with Gasteiger partial charge in [0, 0.05) is 16.7 Å². The molecule has 0 amide bonds. The Kier molecular flexibility index (Phi) is 5.81. The number of fused-ring (bicyclic) bond motifs is 5. The molecule has 3 fully saturated rings. The Balaban J connectivity index is 1.72. The first-order chi connectivity index (χ1) is 15.9. The number of allylic oxidation sites excluding steroid dienone is 4. The van der Waals surface area contributed by atoms with E-state index in [1.807, 2.05) is 0 Å². The van der Waals surface area contributed by atoms with Crippen LogP contribution in [0.25, 0.3) is 0 Å². The van der Waals surface area contributed by atoms with Gasteiger partial charge in [0.05, 0.1) is 11.5 Å². The summed E-state index contributed by atoms with van der Waals surface area (Å²) in [6.07, 6.45) is 0.249. The minimum atomic E-state index is -2.28. The molecule has 0 aliphatic heterocycles. The number of carbonyl (C=O) groups is 3. The Bertz CT molecular complexity index is 1030. The van der Waals surface area contributed by atoms with Crippen LogP contribution in [0.15, 0.2) is 23.8 Å². The first-order valence-corrected chi connectivity index (χ1v) is 12.3. The van der Waals surface area contributed by atoms with Crippen molar-refractivity contribution in [3.63, 3.8) is 0 Å². The van der Waals surface area contributed by atoms with Crippen molar-refractivity contribution >= 4 is 17.5 Å². The van der Waals surface area contributed by atoms with Gasteiger partial charge in [-0.05, 0) is 76.5 Å². The molecule has 0 heterocycles. The van der Waals surface area contributed by atoms with Gasteiger partial charge in [-0.2, -0.15) is 0 Å². The number of halogens is 2. The lowest BCUT2D eigenvalue weighted by Gasteiger charge is -2.63. The van der Waals surface area contributed by atoms with Gasteiger partial charge in [-0.15, -0.1) is 0 Å². The number of rotatable bonds is 3. The van der Waals surface area contributed by atoms with Crippen molar-refractivity contribution in [2.24, 2.45) is 34.0 Å². The lowest BCUT2D eigenvalue weighted by molar-refractivity contribution is -0.224. The molecule has 9 atom stereocenters. The highest BCUT2D eigenvalue weighted by Crippen LogP contribution is 2.70. The van der Waals surface area contributed by atoms with E-state index in [9.17, 15) is 24.6 Å². The largest absolute Gasteiger partial charge is 0.457 e. The van der Waals surface area contributed by atoms with Crippen molar-refractivity contribution in [1.29, 1.82) is 0 Å². The molecule has 4 aliphatic carbocycles. The topological polar surface area (TPSA) is 101 Å². The Labute approximate surface area is 204 Å². The van der Waals surface area contributed by atoms with Crippen LogP contribution in [0.3, 0.4) is 0 Å². The van der Waals surface area contributed by atoms with E-state index in [1.165, 1.54) is 19.1 Å². The predicted octanol–water partition coefficient (Wildman–Crippen LogP) is 3.44. The highest BCUT2D eigenvalue weighted by molar-refractivity contribution is 6.01. The van der Waals surface area contributed by atoms with Gasteiger partial charge in [-0.3, -0.25) is 14.4 Å². The van der Waals surface area contributed by atoms with E-state index >= 15 is 8.78 Å². The highest BCUT2D eigenvalue weighted by Gasteiger charge is 2.76. The fourth-order valence-electron chi connectivity index (χ4n) is 7.59. The summed E-state index contributed by atoms with van der Waals surface area (Å²) < 4.78 is 37.8. The van der Waals surface area contributed by atoms with Crippen molar-refractivity contribution in [2.45, 2.75) is 84.4 Å². The SMILES string of the molecule is C[C@@H]1CC2C3C[C@H](F)C4=CC(=O)C=C[C@]4(C)[C@@]3(F)[C@@H](O)C[C@]2(C)[C@@]1(O)C(=O)COC(=O)C(C)(C)C. The van der Waals surface area contributed by atoms with Crippen LogP contribution in [0, 0.1) is 34.0 Å². The normalized spacial score (nSPS) is 46.9. The number of esters is 1. The fraction of sp³-hybridized carbons (Fsp3) is 0.741. The van der Waals surface area contributed by atoms with Gasteiger partial charge in [0.2, 0.25) is 5.78 Å². The summed E-state index contributed by atoms with van der Waals surface area (Å²) >= 11 is 0. The Morgan fingerprint density at radius 1 is 1.20 bits per heavy atom. The number of ketones is 2. The second kappa shape index (κ2) is 7.78. The molecule has 0 aromatic rings. The van der Waals surface area contributed by atoms with Gasteiger partial charge in [0.25, 0.3) is 0 Å². The molecule has 3 saturated carbocycles. The minimum absolute atomic E-state index is 0.0258. The van der Waals surface area contributed by atoms with Crippen molar-refractivity contribution in [2.75, 3.05) is 6.61 Å². The number of hydrogen-bond acceptors (Lipinski definition) is 6. The third-order valence-corrected chi connectivity index (χ3v) is 9.58. The molecule has 2 N–H and O–H groups in total. The van der Waals surface area contributed by atoms with Crippen LogP contribution in [0.5, 0.6) is 0 Å². The van der Waals surface area contributed by atoms with Gasteiger partial charge in [-0.25, -0.2) is 8.78 Å². The molecular formula is C27H36F2O6. The zero-order chi connectivity index (χ0) is 26.4.